The number of aliphatic hydroxyl groups excluding tert-OH is 1. The van der Waals surface area contributed by atoms with Crippen molar-refractivity contribution < 1.29 is 27.9 Å². The van der Waals surface area contributed by atoms with E-state index in [0.717, 1.165) is 12.1 Å². The summed E-state index contributed by atoms with van der Waals surface area (Å²) in [5.74, 6) is -1.40. The largest absolute Gasteiger partial charge is 0.416 e. The molecule has 1 atom stereocenters. The normalized spacial score (nSPS) is 11.6. The summed E-state index contributed by atoms with van der Waals surface area (Å²) in [5.41, 5.74) is 4.40. The average Bonchev–Trinajstić information content (AvgIpc) is 2.73. The maximum atomic E-state index is 12.6. The molecule has 30 heavy (non-hydrogen) atoms. The van der Waals surface area contributed by atoms with Gasteiger partial charge in [0.25, 0.3) is 5.91 Å². The average molecular weight is 446 g/mol. The number of aliphatic hydroxyl groups is 1. The molecule has 0 heterocycles. The number of carbonyl (C=O) groups excluding carboxylic acids is 2. The van der Waals surface area contributed by atoms with Gasteiger partial charge < -0.3 is 10.4 Å². The number of hydrogen-bond acceptors (Lipinski definition) is 4. The molecular formula is C20H23ClF3N3O3. The fourth-order valence-electron chi connectivity index (χ4n) is 2.20. The number of halogens is 4. The van der Waals surface area contributed by atoms with Gasteiger partial charge in [0, 0.05) is 11.6 Å². The predicted octanol–water partition coefficient (Wildman–Crippen LogP) is 4.23. The van der Waals surface area contributed by atoms with Gasteiger partial charge in [-0.3, -0.25) is 20.4 Å². The summed E-state index contributed by atoms with van der Waals surface area (Å²) in [7, 11) is 0. The minimum Gasteiger partial charge on any atom is -0.391 e. The molecule has 4 N–H and O–H groups in total. The second-order valence-corrected chi connectivity index (χ2v) is 6.07. The van der Waals surface area contributed by atoms with E-state index in [-0.39, 0.29) is 17.9 Å². The van der Waals surface area contributed by atoms with E-state index in [9.17, 15) is 27.9 Å². The van der Waals surface area contributed by atoms with E-state index >= 15 is 0 Å². The van der Waals surface area contributed by atoms with Crippen LogP contribution in [0, 0.1) is 0 Å². The lowest BCUT2D eigenvalue weighted by atomic mass is 10.1. The minimum atomic E-state index is -4.44. The smallest absolute Gasteiger partial charge is 0.391 e. The SMILES string of the molecule is CC.O=C(CC(O)CCl)NNC(=O)c1ccccc1Nc1ccc(C(F)(F)F)cc1. The number of anilines is 2. The second-order valence-electron chi connectivity index (χ2n) is 5.76. The topological polar surface area (TPSA) is 90.5 Å². The summed E-state index contributed by atoms with van der Waals surface area (Å²) in [4.78, 5) is 23.9. The molecule has 0 saturated carbocycles. The Morgan fingerprint density at radius 2 is 1.63 bits per heavy atom. The van der Waals surface area contributed by atoms with Gasteiger partial charge in [-0.1, -0.05) is 26.0 Å². The van der Waals surface area contributed by atoms with E-state index in [4.69, 9.17) is 11.6 Å². The molecule has 2 aromatic rings. The molecule has 1 unspecified atom stereocenters. The van der Waals surface area contributed by atoms with Crippen molar-refractivity contribution in [3.63, 3.8) is 0 Å². The van der Waals surface area contributed by atoms with Gasteiger partial charge in [-0.05, 0) is 36.4 Å². The van der Waals surface area contributed by atoms with Crippen LogP contribution in [-0.2, 0) is 11.0 Å². The van der Waals surface area contributed by atoms with Crippen molar-refractivity contribution in [3.05, 3.63) is 59.7 Å². The molecule has 0 aliphatic carbocycles. The Kier molecular flexibility index (Phi) is 10.1. The summed E-state index contributed by atoms with van der Waals surface area (Å²) in [6, 6.07) is 10.6. The highest BCUT2D eigenvalue weighted by molar-refractivity contribution is 6.18. The monoisotopic (exact) mass is 445 g/mol. The molecule has 0 radical (unpaired) electrons. The van der Waals surface area contributed by atoms with Crippen LogP contribution in [0.5, 0.6) is 0 Å². The van der Waals surface area contributed by atoms with Crippen molar-refractivity contribution in [1.29, 1.82) is 0 Å². The van der Waals surface area contributed by atoms with Gasteiger partial charge >= 0.3 is 6.18 Å². The molecule has 0 bridgehead atoms. The van der Waals surface area contributed by atoms with Gasteiger partial charge in [-0.2, -0.15) is 13.2 Å². The van der Waals surface area contributed by atoms with E-state index < -0.39 is 29.7 Å². The second kappa shape index (κ2) is 12.0. The lowest BCUT2D eigenvalue weighted by Gasteiger charge is -2.14. The third kappa shape index (κ3) is 7.92. The molecule has 0 saturated heterocycles. The fourth-order valence-corrected chi connectivity index (χ4v) is 2.31. The number of hydrazine groups is 1. The molecule has 0 aliphatic rings. The summed E-state index contributed by atoms with van der Waals surface area (Å²) >= 11 is 5.40. The van der Waals surface area contributed by atoms with E-state index in [2.05, 4.69) is 16.2 Å². The van der Waals surface area contributed by atoms with Gasteiger partial charge in [0.05, 0.1) is 29.3 Å². The number of nitrogens with one attached hydrogen (secondary N) is 3. The number of rotatable bonds is 6. The molecule has 2 aromatic carbocycles. The quantitative estimate of drug-likeness (QED) is 0.396. The number of hydrogen-bond donors (Lipinski definition) is 4. The number of para-hydroxylation sites is 1. The Bertz CT molecular complexity index is 830. The van der Waals surface area contributed by atoms with Crippen molar-refractivity contribution in [3.8, 4) is 0 Å². The maximum Gasteiger partial charge on any atom is 0.416 e. The van der Waals surface area contributed by atoms with Crippen molar-refractivity contribution in [2.24, 2.45) is 0 Å². The molecule has 10 heteroatoms. The Balaban J connectivity index is 0.00000218. The van der Waals surface area contributed by atoms with Gasteiger partial charge in [0.1, 0.15) is 0 Å². The predicted molar refractivity (Wildman–Crippen MR) is 109 cm³/mol. The van der Waals surface area contributed by atoms with Gasteiger partial charge in [0.2, 0.25) is 5.91 Å². The Morgan fingerprint density at radius 1 is 1.03 bits per heavy atom. The zero-order chi connectivity index (χ0) is 22.7. The lowest BCUT2D eigenvalue weighted by molar-refractivity contribution is -0.137. The third-order valence-electron chi connectivity index (χ3n) is 3.58. The Morgan fingerprint density at radius 3 is 2.20 bits per heavy atom. The molecule has 0 fully saturated rings. The van der Waals surface area contributed by atoms with Gasteiger partial charge in [-0.15, -0.1) is 11.6 Å². The molecule has 6 nitrogen and oxygen atoms in total. The lowest BCUT2D eigenvalue weighted by Crippen LogP contribution is -2.43. The third-order valence-corrected chi connectivity index (χ3v) is 3.93. The summed E-state index contributed by atoms with van der Waals surface area (Å²) < 4.78 is 37.9. The molecule has 0 spiro atoms. The van der Waals surface area contributed by atoms with Crippen LogP contribution < -0.4 is 16.2 Å². The molecular weight excluding hydrogens is 423 g/mol. The first-order valence-corrected chi connectivity index (χ1v) is 9.60. The van der Waals surface area contributed by atoms with E-state index in [1.54, 1.807) is 18.2 Å². The first-order chi connectivity index (χ1) is 14.2. The Hall–Kier alpha value is -2.78. The summed E-state index contributed by atoms with van der Waals surface area (Å²) in [6.45, 7) is 4.00. The maximum absolute atomic E-state index is 12.6. The van der Waals surface area contributed by atoms with Crippen molar-refractivity contribution in [1.82, 2.24) is 10.9 Å². The Labute approximate surface area is 177 Å². The van der Waals surface area contributed by atoms with Crippen LogP contribution in [0.25, 0.3) is 0 Å². The van der Waals surface area contributed by atoms with Crippen LogP contribution in [-0.4, -0.2) is 28.9 Å². The van der Waals surface area contributed by atoms with Crippen LogP contribution in [0.4, 0.5) is 24.5 Å². The molecule has 0 aromatic heterocycles. The molecule has 2 amide bonds. The summed E-state index contributed by atoms with van der Waals surface area (Å²) in [5, 5.41) is 12.2. The highest BCUT2D eigenvalue weighted by Gasteiger charge is 2.30. The van der Waals surface area contributed by atoms with Gasteiger partial charge in [0.15, 0.2) is 0 Å². The van der Waals surface area contributed by atoms with Crippen LogP contribution in [0.3, 0.4) is 0 Å². The van der Waals surface area contributed by atoms with Crippen LogP contribution in [0.2, 0.25) is 0 Å². The van der Waals surface area contributed by atoms with Crippen molar-refractivity contribution >= 4 is 34.8 Å². The summed E-state index contributed by atoms with van der Waals surface area (Å²) in [6.07, 6.45) is -5.76. The number of alkyl halides is 4. The zero-order valence-electron chi connectivity index (χ0n) is 16.4. The van der Waals surface area contributed by atoms with Crippen LogP contribution in [0.15, 0.2) is 48.5 Å². The van der Waals surface area contributed by atoms with E-state index in [1.807, 2.05) is 13.8 Å². The highest BCUT2D eigenvalue weighted by Crippen LogP contribution is 2.30. The fraction of sp³-hybridized carbons (Fsp3) is 0.300. The van der Waals surface area contributed by atoms with Gasteiger partial charge in [-0.25, -0.2) is 0 Å². The van der Waals surface area contributed by atoms with E-state index in [1.165, 1.54) is 18.2 Å². The molecule has 0 aliphatic heterocycles. The zero-order valence-corrected chi connectivity index (χ0v) is 17.1. The van der Waals surface area contributed by atoms with E-state index in [0.29, 0.717) is 11.4 Å². The standard InChI is InChI=1S/C18H17ClF3N3O3.C2H6/c19-10-13(26)9-16(27)24-25-17(28)14-3-1-2-4-15(14)23-12-7-5-11(6-8-12)18(20,21)22;1-2/h1-8,13,23,26H,9-10H2,(H,24,27)(H,25,28);1-2H3. The number of amides is 2. The number of carbonyl (C=O) groups is 2. The van der Waals surface area contributed by atoms with Crippen LogP contribution >= 0.6 is 11.6 Å². The van der Waals surface area contributed by atoms with Crippen molar-refractivity contribution in [2.75, 3.05) is 11.2 Å². The highest BCUT2D eigenvalue weighted by atomic mass is 35.5. The van der Waals surface area contributed by atoms with Crippen molar-refractivity contribution in [2.45, 2.75) is 32.5 Å². The first kappa shape index (κ1) is 25.3. The number of benzene rings is 2. The van der Waals surface area contributed by atoms with Crippen LogP contribution in [0.1, 0.15) is 36.2 Å². The molecule has 164 valence electrons. The first-order valence-electron chi connectivity index (χ1n) is 9.07. The molecule has 2 rings (SSSR count). The minimum absolute atomic E-state index is 0.124.